The molecule has 5 nitrogen and oxygen atoms in total. The first kappa shape index (κ1) is 21.3. The Morgan fingerprint density at radius 3 is 1.93 bits per heavy atom. The topological polar surface area (TPSA) is 63.7 Å². The summed E-state index contributed by atoms with van der Waals surface area (Å²) >= 11 is 0. The van der Waals surface area contributed by atoms with Crippen LogP contribution in [0.2, 0.25) is 0 Å². The molecular weight excluding hydrogens is 398 g/mol. The van der Waals surface area contributed by atoms with Gasteiger partial charge in [-0.15, -0.1) is 0 Å². The first-order valence-corrected chi connectivity index (χ1v) is 11.2. The van der Waals surface area contributed by atoms with Gasteiger partial charge in [0.1, 0.15) is 5.75 Å². The van der Waals surface area contributed by atoms with Gasteiger partial charge in [-0.05, 0) is 34.9 Å². The molecule has 1 amide bonds. The smallest absolute Gasteiger partial charge is 0.306 e. The highest BCUT2D eigenvalue weighted by Gasteiger charge is 2.13. The van der Waals surface area contributed by atoms with Crippen molar-refractivity contribution < 1.29 is 17.4 Å². The second-order valence-corrected chi connectivity index (χ2v) is 8.43. The van der Waals surface area contributed by atoms with E-state index in [1.165, 1.54) is 0 Å². The van der Waals surface area contributed by atoms with Crippen molar-refractivity contribution in [1.29, 1.82) is 0 Å². The van der Waals surface area contributed by atoms with Crippen LogP contribution in [0.1, 0.15) is 16.7 Å². The number of carbonyl (C=O) groups is 1. The van der Waals surface area contributed by atoms with E-state index >= 15 is 0 Å². The minimum absolute atomic E-state index is 0.112. The molecule has 0 heterocycles. The molecule has 3 rings (SSSR count). The SMILES string of the molecule is CS(=O)(=O)Oc1ccc(CN(Cc2ccccc2)C(=O)/C=C/c2ccccc2)cc1. The largest absolute Gasteiger partial charge is 0.383 e. The molecule has 0 fully saturated rings. The zero-order valence-electron chi connectivity index (χ0n) is 16.6. The number of nitrogens with zero attached hydrogens (tertiary/aromatic N) is 1. The van der Waals surface area contributed by atoms with Crippen LogP contribution in [0.3, 0.4) is 0 Å². The summed E-state index contributed by atoms with van der Waals surface area (Å²) in [5.41, 5.74) is 2.84. The maximum atomic E-state index is 12.9. The van der Waals surface area contributed by atoms with Gasteiger partial charge in [0.15, 0.2) is 0 Å². The third-order valence-electron chi connectivity index (χ3n) is 4.29. The fourth-order valence-corrected chi connectivity index (χ4v) is 3.36. The minimum atomic E-state index is -3.57. The quantitative estimate of drug-likeness (QED) is 0.403. The molecule has 30 heavy (non-hydrogen) atoms. The molecule has 0 radical (unpaired) electrons. The minimum Gasteiger partial charge on any atom is -0.383 e. The average Bonchev–Trinajstić information content (AvgIpc) is 2.73. The van der Waals surface area contributed by atoms with Gasteiger partial charge in [-0.3, -0.25) is 4.79 Å². The highest BCUT2D eigenvalue weighted by atomic mass is 32.2. The van der Waals surface area contributed by atoms with Gasteiger partial charge >= 0.3 is 10.1 Å². The lowest BCUT2D eigenvalue weighted by atomic mass is 10.1. The molecule has 0 unspecified atom stereocenters. The van der Waals surface area contributed by atoms with E-state index in [0.717, 1.165) is 22.9 Å². The van der Waals surface area contributed by atoms with Gasteiger partial charge in [-0.2, -0.15) is 8.42 Å². The first-order valence-electron chi connectivity index (χ1n) is 9.43. The normalized spacial score (nSPS) is 11.4. The number of carbonyl (C=O) groups excluding carboxylic acids is 1. The number of rotatable bonds is 8. The second-order valence-electron chi connectivity index (χ2n) is 6.86. The molecule has 0 N–H and O–H groups in total. The molecule has 0 aromatic heterocycles. The van der Waals surface area contributed by atoms with Crippen molar-refractivity contribution in [2.24, 2.45) is 0 Å². The summed E-state index contributed by atoms with van der Waals surface area (Å²) in [5.74, 6) is 0.130. The van der Waals surface area contributed by atoms with Crippen molar-refractivity contribution >= 4 is 22.1 Å². The summed E-state index contributed by atoms with van der Waals surface area (Å²) in [4.78, 5) is 14.7. The number of hydrogen-bond donors (Lipinski definition) is 0. The molecular formula is C24H23NO4S. The molecule has 0 aliphatic carbocycles. The zero-order chi connectivity index (χ0) is 21.4. The van der Waals surface area contributed by atoms with Crippen molar-refractivity contribution in [3.05, 3.63) is 108 Å². The fraction of sp³-hybridized carbons (Fsp3) is 0.125. The van der Waals surface area contributed by atoms with Crippen LogP contribution in [-0.4, -0.2) is 25.5 Å². The Morgan fingerprint density at radius 1 is 0.833 bits per heavy atom. The lowest BCUT2D eigenvalue weighted by molar-refractivity contribution is -0.127. The van der Waals surface area contributed by atoms with E-state index in [1.54, 1.807) is 41.3 Å². The van der Waals surface area contributed by atoms with Crippen molar-refractivity contribution in [3.8, 4) is 5.75 Å². The van der Waals surface area contributed by atoms with Crippen LogP contribution in [0.4, 0.5) is 0 Å². The van der Waals surface area contributed by atoms with Crippen LogP contribution in [0, 0.1) is 0 Å². The predicted octanol–water partition coefficient (Wildman–Crippen LogP) is 4.27. The van der Waals surface area contributed by atoms with E-state index in [9.17, 15) is 13.2 Å². The third kappa shape index (κ3) is 6.90. The highest BCUT2D eigenvalue weighted by Crippen LogP contribution is 2.17. The molecule has 0 aliphatic heterocycles. The van der Waals surface area contributed by atoms with Gasteiger partial charge in [-0.25, -0.2) is 0 Å². The Kier molecular flexibility index (Phi) is 7.03. The lowest BCUT2D eigenvalue weighted by Crippen LogP contribution is -2.28. The monoisotopic (exact) mass is 421 g/mol. The van der Waals surface area contributed by atoms with E-state index in [4.69, 9.17) is 4.18 Å². The van der Waals surface area contributed by atoms with E-state index in [-0.39, 0.29) is 11.7 Å². The summed E-state index contributed by atoms with van der Waals surface area (Å²) < 4.78 is 27.4. The van der Waals surface area contributed by atoms with E-state index < -0.39 is 10.1 Å². The second kappa shape index (κ2) is 9.89. The Bertz CT molecular complexity index is 1090. The Labute approximate surface area is 177 Å². The van der Waals surface area contributed by atoms with Crippen LogP contribution in [0.5, 0.6) is 5.75 Å². The molecule has 6 heteroatoms. The average molecular weight is 422 g/mol. The molecule has 3 aromatic rings. The number of benzene rings is 3. The van der Waals surface area contributed by atoms with Crippen LogP contribution in [0.25, 0.3) is 6.08 Å². The third-order valence-corrected chi connectivity index (χ3v) is 4.79. The fourth-order valence-electron chi connectivity index (χ4n) is 2.90. The van der Waals surface area contributed by atoms with Crippen molar-refractivity contribution in [2.45, 2.75) is 13.1 Å². The van der Waals surface area contributed by atoms with Crippen LogP contribution < -0.4 is 4.18 Å². The van der Waals surface area contributed by atoms with E-state index in [0.29, 0.717) is 13.1 Å². The van der Waals surface area contributed by atoms with Crippen LogP contribution in [-0.2, 0) is 28.0 Å². The molecule has 0 saturated carbocycles. The van der Waals surface area contributed by atoms with Gasteiger partial charge in [0.05, 0.1) is 6.26 Å². The van der Waals surface area contributed by atoms with E-state index in [1.807, 2.05) is 60.7 Å². The Balaban J connectivity index is 1.77. The summed E-state index contributed by atoms with van der Waals surface area (Å²) in [6, 6.07) is 26.1. The maximum Gasteiger partial charge on any atom is 0.306 e. The Hall–Kier alpha value is -3.38. The standard InChI is InChI=1S/C24H23NO4S/c1-30(27,28)29-23-15-12-22(13-16-23)19-25(18-21-10-6-3-7-11-21)24(26)17-14-20-8-4-2-5-9-20/h2-17H,18-19H2,1H3/b17-14+. The summed E-state index contributed by atoms with van der Waals surface area (Å²) in [5, 5.41) is 0. The molecule has 154 valence electrons. The summed E-state index contributed by atoms with van der Waals surface area (Å²) in [6.07, 6.45) is 4.36. The number of amides is 1. The highest BCUT2D eigenvalue weighted by molar-refractivity contribution is 7.86. The lowest BCUT2D eigenvalue weighted by Gasteiger charge is -2.22. The van der Waals surface area contributed by atoms with Crippen molar-refractivity contribution in [2.75, 3.05) is 6.26 Å². The summed E-state index contributed by atoms with van der Waals surface area (Å²) in [6.45, 7) is 0.840. The van der Waals surface area contributed by atoms with Crippen LogP contribution >= 0.6 is 0 Å². The molecule has 0 atom stereocenters. The molecule has 0 spiro atoms. The first-order chi connectivity index (χ1) is 14.4. The van der Waals surface area contributed by atoms with Crippen LogP contribution in [0.15, 0.2) is 91.0 Å². The van der Waals surface area contributed by atoms with Crippen molar-refractivity contribution in [3.63, 3.8) is 0 Å². The molecule has 0 bridgehead atoms. The molecule has 0 saturated heterocycles. The molecule has 0 aliphatic rings. The summed E-state index contributed by atoms with van der Waals surface area (Å²) in [7, 11) is -3.57. The van der Waals surface area contributed by atoms with Crippen molar-refractivity contribution in [1.82, 2.24) is 4.90 Å². The number of hydrogen-bond acceptors (Lipinski definition) is 4. The molecule has 3 aromatic carbocycles. The van der Waals surface area contributed by atoms with Gasteiger partial charge in [0, 0.05) is 19.2 Å². The zero-order valence-corrected chi connectivity index (χ0v) is 17.5. The Morgan fingerprint density at radius 2 is 1.37 bits per heavy atom. The van der Waals surface area contributed by atoms with Gasteiger partial charge < -0.3 is 9.08 Å². The van der Waals surface area contributed by atoms with Gasteiger partial charge in [-0.1, -0.05) is 72.8 Å². The van der Waals surface area contributed by atoms with Gasteiger partial charge in [0.25, 0.3) is 0 Å². The van der Waals surface area contributed by atoms with E-state index in [2.05, 4.69) is 0 Å². The van der Waals surface area contributed by atoms with Gasteiger partial charge in [0.2, 0.25) is 5.91 Å². The predicted molar refractivity (Wildman–Crippen MR) is 118 cm³/mol. The maximum absolute atomic E-state index is 12.9.